The van der Waals surface area contributed by atoms with Gasteiger partial charge in [0.15, 0.2) is 0 Å². The van der Waals surface area contributed by atoms with Crippen LogP contribution in [0.4, 0.5) is 10.1 Å². The van der Waals surface area contributed by atoms with Crippen molar-refractivity contribution in [2.45, 2.75) is 11.8 Å². The number of aromatic hydroxyl groups is 1. The fraction of sp³-hybridized carbons (Fsp3) is 0.0769. The van der Waals surface area contributed by atoms with Crippen molar-refractivity contribution in [1.29, 1.82) is 0 Å². The van der Waals surface area contributed by atoms with Gasteiger partial charge in [-0.2, -0.15) is 0 Å². The molecule has 2 N–H and O–H groups in total. The molecule has 0 aliphatic carbocycles. The van der Waals surface area contributed by atoms with Crippen molar-refractivity contribution in [1.82, 2.24) is 0 Å². The molecular formula is C13H11BrFNO3S. The fourth-order valence-corrected chi connectivity index (χ4v) is 3.09. The molecule has 0 saturated carbocycles. The Morgan fingerprint density at radius 3 is 2.50 bits per heavy atom. The van der Waals surface area contributed by atoms with Crippen LogP contribution in [0, 0.1) is 12.7 Å². The van der Waals surface area contributed by atoms with E-state index in [1.807, 2.05) is 0 Å². The largest absolute Gasteiger partial charge is 0.506 e. The zero-order chi connectivity index (χ0) is 14.9. The lowest BCUT2D eigenvalue weighted by Gasteiger charge is -2.11. The van der Waals surface area contributed by atoms with Gasteiger partial charge >= 0.3 is 0 Å². The van der Waals surface area contributed by atoms with Gasteiger partial charge < -0.3 is 5.11 Å². The number of halogens is 2. The smallest absolute Gasteiger partial charge is 0.264 e. The van der Waals surface area contributed by atoms with Crippen LogP contribution in [0.3, 0.4) is 0 Å². The maximum absolute atomic E-state index is 13.7. The lowest BCUT2D eigenvalue weighted by Crippen LogP contribution is -2.14. The molecule has 0 unspecified atom stereocenters. The van der Waals surface area contributed by atoms with Gasteiger partial charge in [0.2, 0.25) is 0 Å². The summed E-state index contributed by atoms with van der Waals surface area (Å²) >= 11 is 3.05. The van der Waals surface area contributed by atoms with Gasteiger partial charge in [-0.05, 0) is 42.8 Å². The van der Waals surface area contributed by atoms with Crippen LogP contribution in [-0.2, 0) is 10.0 Å². The molecule has 0 aliphatic heterocycles. The number of rotatable bonds is 3. The number of phenolic OH excluding ortho intramolecular Hbond substituents is 1. The number of benzene rings is 2. The Bertz CT molecular complexity index is 762. The third kappa shape index (κ3) is 3.10. The van der Waals surface area contributed by atoms with E-state index in [-0.39, 0.29) is 11.4 Å². The highest BCUT2D eigenvalue weighted by Gasteiger charge is 2.20. The van der Waals surface area contributed by atoms with Crippen LogP contribution < -0.4 is 4.72 Å². The van der Waals surface area contributed by atoms with Crippen molar-refractivity contribution in [2.75, 3.05) is 4.72 Å². The lowest BCUT2D eigenvalue weighted by molar-refractivity contribution is 0.477. The van der Waals surface area contributed by atoms with Gasteiger partial charge in [-0.1, -0.05) is 22.0 Å². The summed E-state index contributed by atoms with van der Waals surface area (Å²) in [6.07, 6.45) is 0. The van der Waals surface area contributed by atoms with E-state index in [0.717, 1.165) is 17.7 Å². The first-order chi connectivity index (χ1) is 9.29. The third-order valence-electron chi connectivity index (χ3n) is 2.58. The first kappa shape index (κ1) is 14.8. The predicted molar refractivity (Wildman–Crippen MR) is 77.8 cm³/mol. The minimum absolute atomic E-state index is 0.00193. The van der Waals surface area contributed by atoms with Crippen LogP contribution in [0.5, 0.6) is 5.75 Å². The zero-order valence-electron chi connectivity index (χ0n) is 10.4. The summed E-state index contributed by atoms with van der Waals surface area (Å²) in [6.45, 7) is 1.76. The molecule has 106 valence electrons. The van der Waals surface area contributed by atoms with Crippen molar-refractivity contribution >= 4 is 31.6 Å². The summed E-state index contributed by atoms with van der Waals surface area (Å²) in [5.74, 6) is -1.09. The molecule has 0 heterocycles. The molecule has 0 aliphatic rings. The Kier molecular flexibility index (Phi) is 4.01. The normalized spacial score (nSPS) is 11.3. The molecule has 0 fully saturated rings. The lowest BCUT2D eigenvalue weighted by atomic mass is 10.2. The number of phenols is 1. The van der Waals surface area contributed by atoms with E-state index in [2.05, 4.69) is 20.7 Å². The SMILES string of the molecule is Cc1ccc(NS(=O)(=O)c2ccc(Br)cc2F)c(O)c1. The van der Waals surface area contributed by atoms with Crippen molar-refractivity contribution in [3.63, 3.8) is 0 Å². The summed E-state index contributed by atoms with van der Waals surface area (Å²) in [6, 6.07) is 8.09. The van der Waals surface area contributed by atoms with Crippen LogP contribution in [0.1, 0.15) is 5.56 Å². The Morgan fingerprint density at radius 1 is 1.20 bits per heavy atom. The molecule has 0 atom stereocenters. The monoisotopic (exact) mass is 359 g/mol. The predicted octanol–water partition coefficient (Wildman–Crippen LogP) is 3.40. The second-order valence-corrected chi connectivity index (χ2v) is 6.77. The van der Waals surface area contributed by atoms with Gasteiger partial charge in [0.1, 0.15) is 16.5 Å². The summed E-state index contributed by atoms with van der Waals surface area (Å²) in [7, 11) is -4.10. The molecule has 0 bridgehead atoms. The molecule has 0 amide bonds. The van der Waals surface area contributed by atoms with Crippen molar-refractivity contribution in [3.05, 3.63) is 52.3 Å². The molecule has 0 radical (unpaired) electrons. The second-order valence-electron chi connectivity index (χ2n) is 4.20. The number of hydrogen-bond acceptors (Lipinski definition) is 3. The molecule has 2 aromatic rings. The summed E-state index contributed by atoms with van der Waals surface area (Å²) in [5.41, 5.74) is 0.776. The highest BCUT2D eigenvalue weighted by atomic mass is 79.9. The average Bonchev–Trinajstić information content (AvgIpc) is 2.32. The summed E-state index contributed by atoms with van der Waals surface area (Å²) in [5, 5.41) is 9.69. The maximum atomic E-state index is 13.7. The van der Waals surface area contributed by atoms with E-state index in [1.165, 1.54) is 18.2 Å². The molecule has 2 aromatic carbocycles. The maximum Gasteiger partial charge on any atom is 0.264 e. The highest BCUT2D eigenvalue weighted by Crippen LogP contribution is 2.28. The van der Waals surface area contributed by atoms with Crippen LogP contribution in [0.25, 0.3) is 0 Å². The Labute approximate surface area is 124 Å². The Hall–Kier alpha value is -1.60. The van der Waals surface area contributed by atoms with Crippen molar-refractivity contribution in [3.8, 4) is 5.75 Å². The first-order valence-electron chi connectivity index (χ1n) is 5.57. The van der Waals surface area contributed by atoms with Crippen molar-refractivity contribution in [2.24, 2.45) is 0 Å². The summed E-state index contributed by atoms with van der Waals surface area (Å²) < 4.78 is 40.5. The van der Waals surface area contributed by atoms with Crippen molar-refractivity contribution < 1.29 is 17.9 Å². The van der Waals surface area contributed by atoms with E-state index in [4.69, 9.17) is 0 Å². The fourth-order valence-electron chi connectivity index (χ4n) is 1.62. The van der Waals surface area contributed by atoms with Gasteiger partial charge in [-0.15, -0.1) is 0 Å². The number of nitrogens with one attached hydrogen (secondary N) is 1. The third-order valence-corrected chi connectivity index (χ3v) is 4.47. The highest BCUT2D eigenvalue weighted by molar-refractivity contribution is 9.10. The minimum atomic E-state index is -4.10. The molecule has 0 saturated heterocycles. The van der Waals surface area contributed by atoms with Gasteiger partial charge in [-0.25, -0.2) is 12.8 Å². The second kappa shape index (κ2) is 5.41. The van der Waals surface area contributed by atoms with E-state index in [0.29, 0.717) is 4.47 Å². The first-order valence-corrected chi connectivity index (χ1v) is 7.85. The molecule has 0 aromatic heterocycles. The van der Waals surface area contributed by atoms with Gasteiger partial charge in [0, 0.05) is 4.47 Å². The molecule has 0 spiro atoms. The quantitative estimate of drug-likeness (QED) is 0.825. The number of sulfonamides is 1. The Balaban J connectivity index is 2.41. The van der Waals surface area contributed by atoms with Crippen LogP contribution in [0.15, 0.2) is 45.8 Å². The molecule has 7 heteroatoms. The zero-order valence-corrected chi connectivity index (χ0v) is 12.8. The van der Waals surface area contributed by atoms with E-state index < -0.39 is 20.7 Å². The van der Waals surface area contributed by atoms with Gasteiger partial charge in [0.25, 0.3) is 10.0 Å². The molecule has 20 heavy (non-hydrogen) atoms. The molecule has 4 nitrogen and oxygen atoms in total. The van der Waals surface area contributed by atoms with Crippen LogP contribution >= 0.6 is 15.9 Å². The number of aryl methyl sites for hydroxylation is 1. The minimum Gasteiger partial charge on any atom is -0.506 e. The van der Waals surface area contributed by atoms with Crippen LogP contribution in [0.2, 0.25) is 0 Å². The average molecular weight is 360 g/mol. The Morgan fingerprint density at radius 2 is 1.90 bits per heavy atom. The molecule has 2 rings (SSSR count). The van der Waals surface area contributed by atoms with E-state index >= 15 is 0 Å². The standard InChI is InChI=1S/C13H11BrFNO3S/c1-8-2-4-11(12(17)6-8)16-20(18,19)13-5-3-9(14)7-10(13)15/h2-7,16-17H,1H3. The topological polar surface area (TPSA) is 66.4 Å². The summed E-state index contributed by atoms with van der Waals surface area (Å²) in [4.78, 5) is -0.485. The number of anilines is 1. The van der Waals surface area contributed by atoms with Gasteiger partial charge in [-0.3, -0.25) is 4.72 Å². The van der Waals surface area contributed by atoms with Crippen LogP contribution in [-0.4, -0.2) is 13.5 Å². The van der Waals surface area contributed by atoms with E-state index in [9.17, 15) is 17.9 Å². The number of hydrogen-bond donors (Lipinski definition) is 2. The van der Waals surface area contributed by atoms with E-state index in [1.54, 1.807) is 13.0 Å². The van der Waals surface area contributed by atoms with Gasteiger partial charge in [0.05, 0.1) is 5.69 Å². The molecular weight excluding hydrogens is 349 g/mol.